The average Bonchev–Trinajstić information content (AvgIpc) is 2.81. The Hall–Kier alpha value is -1.58. The maximum Gasteiger partial charge on any atom is 0.494 e. The second-order valence-electron chi connectivity index (χ2n) is 11.5. The summed E-state index contributed by atoms with van der Waals surface area (Å²) in [6.07, 6.45) is 0. The Kier molecular flexibility index (Phi) is 5.33. The van der Waals surface area contributed by atoms with E-state index in [1.165, 1.54) is 22.3 Å². The van der Waals surface area contributed by atoms with Crippen molar-refractivity contribution in [2.75, 3.05) is 0 Å². The number of rotatable bonds is 2. The second-order valence-corrected chi connectivity index (χ2v) is 11.5. The quantitative estimate of drug-likeness (QED) is 0.563. The zero-order valence-corrected chi connectivity index (χ0v) is 19.9. The number of hydrogen-bond acceptors (Lipinski definition) is 2. The van der Waals surface area contributed by atoms with Crippen molar-refractivity contribution in [3.63, 3.8) is 0 Å². The Morgan fingerprint density at radius 1 is 0.621 bits per heavy atom. The van der Waals surface area contributed by atoms with Gasteiger partial charge in [0.2, 0.25) is 0 Å². The lowest BCUT2D eigenvalue weighted by molar-refractivity contribution is 0.00578. The fraction of sp³-hybridized carbons (Fsp3) is 0.538. The first-order valence-electron chi connectivity index (χ1n) is 10.7. The molecule has 0 unspecified atom stereocenters. The minimum absolute atomic E-state index is 0.110. The van der Waals surface area contributed by atoms with E-state index in [0.29, 0.717) is 0 Å². The molecule has 0 amide bonds. The molecule has 0 bridgehead atoms. The Morgan fingerprint density at radius 2 is 1.03 bits per heavy atom. The van der Waals surface area contributed by atoms with Gasteiger partial charge in [-0.05, 0) is 66.2 Å². The van der Waals surface area contributed by atoms with E-state index < -0.39 is 0 Å². The third kappa shape index (κ3) is 4.46. The molecule has 1 aliphatic rings. The maximum atomic E-state index is 6.20. The molecule has 0 spiro atoms. The predicted octanol–water partition coefficient (Wildman–Crippen LogP) is 6.25. The van der Waals surface area contributed by atoms with Crippen LogP contribution in [0.15, 0.2) is 42.5 Å². The van der Waals surface area contributed by atoms with Gasteiger partial charge < -0.3 is 9.31 Å². The molecule has 1 aliphatic heterocycles. The lowest BCUT2D eigenvalue weighted by atomic mass is 9.77. The molecule has 2 nitrogen and oxygen atoms in total. The summed E-state index contributed by atoms with van der Waals surface area (Å²) in [6, 6.07) is 15.7. The molecule has 2 aromatic carbocycles. The Morgan fingerprint density at radius 3 is 1.41 bits per heavy atom. The molecular weight excluding hydrogens is 355 g/mol. The SMILES string of the molecule is CC(C)(C)c1cc(-c2ccc(B3OC(C)(C)C(C)(C)O3)cc2)cc(C(C)(C)C)c1. The summed E-state index contributed by atoms with van der Waals surface area (Å²) in [5, 5.41) is 0. The molecule has 0 radical (unpaired) electrons. The lowest BCUT2D eigenvalue weighted by Gasteiger charge is -2.32. The van der Waals surface area contributed by atoms with Crippen LogP contribution in [0.25, 0.3) is 11.1 Å². The molecule has 0 saturated carbocycles. The largest absolute Gasteiger partial charge is 0.494 e. The molecule has 0 N–H and O–H groups in total. The van der Waals surface area contributed by atoms with Crippen molar-refractivity contribution < 1.29 is 9.31 Å². The van der Waals surface area contributed by atoms with Gasteiger partial charge in [0.25, 0.3) is 0 Å². The topological polar surface area (TPSA) is 18.5 Å². The van der Waals surface area contributed by atoms with Crippen molar-refractivity contribution in [1.29, 1.82) is 0 Å². The van der Waals surface area contributed by atoms with E-state index in [1.807, 2.05) is 0 Å². The van der Waals surface area contributed by atoms with E-state index in [1.54, 1.807) is 0 Å². The first-order chi connectivity index (χ1) is 13.1. The normalized spacial score (nSPS) is 18.9. The highest BCUT2D eigenvalue weighted by molar-refractivity contribution is 6.62. The molecule has 0 atom stereocenters. The van der Waals surface area contributed by atoms with Crippen molar-refractivity contribution in [1.82, 2.24) is 0 Å². The lowest BCUT2D eigenvalue weighted by Crippen LogP contribution is -2.41. The molecule has 1 fully saturated rings. The highest BCUT2D eigenvalue weighted by Gasteiger charge is 2.51. The number of hydrogen-bond donors (Lipinski definition) is 0. The van der Waals surface area contributed by atoms with E-state index in [-0.39, 0.29) is 29.2 Å². The Bertz CT molecular complexity index is 832. The molecule has 0 aliphatic carbocycles. The van der Waals surface area contributed by atoms with Crippen LogP contribution < -0.4 is 5.46 Å². The summed E-state index contributed by atoms with van der Waals surface area (Å²) in [7, 11) is -0.319. The van der Waals surface area contributed by atoms with Gasteiger partial charge in [0.15, 0.2) is 0 Å². The molecule has 3 rings (SSSR count). The van der Waals surface area contributed by atoms with Crippen LogP contribution in [0.1, 0.15) is 80.4 Å². The fourth-order valence-electron chi connectivity index (χ4n) is 3.47. The van der Waals surface area contributed by atoms with Gasteiger partial charge in [-0.1, -0.05) is 84.0 Å². The van der Waals surface area contributed by atoms with Gasteiger partial charge in [-0.3, -0.25) is 0 Å². The van der Waals surface area contributed by atoms with E-state index in [2.05, 4.69) is 112 Å². The fourth-order valence-corrected chi connectivity index (χ4v) is 3.47. The van der Waals surface area contributed by atoms with Gasteiger partial charge >= 0.3 is 7.12 Å². The Balaban J connectivity index is 1.96. The van der Waals surface area contributed by atoms with E-state index in [4.69, 9.17) is 9.31 Å². The minimum Gasteiger partial charge on any atom is -0.399 e. The van der Waals surface area contributed by atoms with Crippen LogP contribution in [0.5, 0.6) is 0 Å². The molecule has 29 heavy (non-hydrogen) atoms. The summed E-state index contributed by atoms with van der Waals surface area (Å²) in [5.74, 6) is 0. The minimum atomic E-state index is -0.320. The zero-order valence-electron chi connectivity index (χ0n) is 19.9. The van der Waals surface area contributed by atoms with Crippen LogP contribution in [0, 0.1) is 0 Å². The van der Waals surface area contributed by atoms with Gasteiger partial charge in [-0.25, -0.2) is 0 Å². The van der Waals surface area contributed by atoms with Crippen molar-refractivity contribution in [2.24, 2.45) is 0 Å². The molecule has 3 heteroatoms. The highest BCUT2D eigenvalue weighted by atomic mass is 16.7. The smallest absolute Gasteiger partial charge is 0.399 e. The van der Waals surface area contributed by atoms with Crippen LogP contribution in [0.2, 0.25) is 0 Å². The standard InChI is InChI=1S/C26H37BO2/c1-23(2,3)20-15-19(16-21(17-20)24(4,5)6)18-11-13-22(14-12-18)27-28-25(7,8)26(9,10)29-27/h11-17H,1-10H3. The maximum absolute atomic E-state index is 6.20. The second kappa shape index (κ2) is 6.99. The van der Waals surface area contributed by atoms with Crippen LogP contribution in [0.4, 0.5) is 0 Å². The summed E-state index contributed by atoms with van der Waals surface area (Å²) in [5.41, 5.74) is 5.87. The highest BCUT2D eigenvalue weighted by Crippen LogP contribution is 2.37. The van der Waals surface area contributed by atoms with Crippen LogP contribution in [0.3, 0.4) is 0 Å². The molecule has 2 aromatic rings. The monoisotopic (exact) mass is 392 g/mol. The molecule has 1 heterocycles. The van der Waals surface area contributed by atoms with E-state index in [0.717, 1.165) is 5.46 Å². The number of benzene rings is 2. The summed E-state index contributed by atoms with van der Waals surface area (Å²) >= 11 is 0. The van der Waals surface area contributed by atoms with Crippen molar-refractivity contribution in [2.45, 2.75) is 91.3 Å². The average molecular weight is 392 g/mol. The van der Waals surface area contributed by atoms with Gasteiger partial charge in [-0.15, -0.1) is 0 Å². The Labute approximate surface area is 178 Å². The van der Waals surface area contributed by atoms with Crippen molar-refractivity contribution in [3.05, 3.63) is 53.6 Å². The van der Waals surface area contributed by atoms with E-state index >= 15 is 0 Å². The van der Waals surface area contributed by atoms with Gasteiger partial charge in [0.05, 0.1) is 11.2 Å². The third-order valence-corrected chi connectivity index (χ3v) is 6.43. The first kappa shape index (κ1) is 22.1. The van der Waals surface area contributed by atoms with Crippen LogP contribution >= 0.6 is 0 Å². The first-order valence-corrected chi connectivity index (χ1v) is 10.7. The summed E-state index contributed by atoms with van der Waals surface area (Å²) < 4.78 is 12.4. The van der Waals surface area contributed by atoms with Gasteiger partial charge in [0, 0.05) is 0 Å². The van der Waals surface area contributed by atoms with Crippen LogP contribution in [-0.2, 0) is 20.1 Å². The molecule has 156 valence electrons. The zero-order chi connectivity index (χ0) is 21.8. The van der Waals surface area contributed by atoms with Crippen molar-refractivity contribution in [3.8, 4) is 11.1 Å². The van der Waals surface area contributed by atoms with Crippen molar-refractivity contribution >= 4 is 12.6 Å². The van der Waals surface area contributed by atoms with Gasteiger partial charge in [-0.2, -0.15) is 0 Å². The molecular formula is C26H37BO2. The summed E-state index contributed by atoms with van der Waals surface area (Å²) in [4.78, 5) is 0. The third-order valence-electron chi connectivity index (χ3n) is 6.43. The molecule has 1 saturated heterocycles. The van der Waals surface area contributed by atoms with Crippen LogP contribution in [-0.4, -0.2) is 18.3 Å². The predicted molar refractivity (Wildman–Crippen MR) is 125 cm³/mol. The molecule has 0 aromatic heterocycles. The van der Waals surface area contributed by atoms with Gasteiger partial charge in [0.1, 0.15) is 0 Å². The van der Waals surface area contributed by atoms with E-state index in [9.17, 15) is 0 Å². The summed E-state index contributed by atoms with van der Waals surface area (Å²) in [6.45, 7) is 22.0.